The fourth-order valence-corrected chi connectivity index (χ4v) is 2.71. The van der Waals surface area contributed by atoms with E-state index < -0.39 is 12.6 Å². The van der Waals surface area contributed by atoms with Crippen LogP contribution in [0.25, 0.3) is 0 Å². The number of rotatable bonds is 6. The predicted molar refractivity (Wildman–Crippen MR) is 78.4 cm³/mol. The second-order valence-electron chi connectivity index (χ2n) is 4.99. The molecule has 0 bridgehead atoms. The number of ketones is 1. The van der Waals surface area contributed by atoms with Gasteiger partial charge in [0.15, 0.2) is 11.5 Å². The van der Waals surface area contributed by atoms with Gasteiger partial charge >= 0.3 is 6.18 Å². The molecule has 0 aromatic carbocycles. The third-order valence-electron chi connectivity index (χ3n) is 2.63. The van der Waals surface area contributed by atoms with E-state index in [-0.39, 0.29) is 29.9 Å². The highest BCUT2D eigenvalue weighted by Crippen LogP contribution is 2.45. The number of carbonyl (C=O) groups is 1. The van der Waals surface area contributed by atoms with E-state index in [0.717, 1.165) is 11.3 Å². The van der Waals surface area contributed by atoms with Crippen molar-refractivity contribution in [2.45, 2.75) is 39.5 Å². The Morgan fingerprint density at radius 3 is 2.43 bits per heavy atom. The molecule has 0 saturated heterocycles. The van der Waals surface area contributed by atoms with Crippen LogP contribution in [0, 0.1) is 0 Å². The average Bonchev–Trinajstić information content (AvgIpc) is 2.63. The van der Waals surface area contributed by atoms with Gasteiger partial charge in [-0.2, -0.15) is 13.2 Å². The predicted octanol–water partition coefficient (Wildman–Crippen LogP) is 3.71. The standard InChI is InChI=1S/C13H19F3N2O2S/c1-7(2)20-10-9(17)11(8(3)19)21-12(10)18(4)6-5-13(14,15)16/h7H,5-6,17H2,1-4H3. The highest BCUT2D eigenvalue weighted by atomic mass is 32.1. The van der Waals surface area contributed by atoms with Gasteiger partial charge in [-0.1, -0.05) is 0 Å². The second kappa shape index (κ2) is 6.55. The minimum atomic E-state index is -4.24. The normalized spacial score (nSPS) is 11.8. The lowest BCUT2D eigenvalue weighted by Crippen LogP contribution is -2.24. The average molecular weight is 324 g/mol. The molecule has 1 rings (SSSR count). The summed E-state index contributed by atoms with van der Waals surface area (Å²) >= 11 is 1.05. The number of nitrogen functional groups attached to an aromatic ring is 1. The monoisotopic (exact) mass is 324 g/mol. The molecule has 0 atom stereocenters. The molecule has 120 valence electrons. The fraction of sp³-hybridized carbons (Fsp3) is 0.615. The number of thiophene rings is 1. The van der Waals surface area contributed by atoms with Gasteiger partial charge in [0.2, 0.25) is 0 Å². The summed E-state index contributed by atoms with van der Waals surface area (Å²) in [5.41, 5.74) is 6.08. The Morgan fingerprint density at radius 2 is 2.00 bits per heavy atom. The Bertz CT molecular complexity index is 512. The molecular formula is C13H19F3N2O2S. The fourth-order valence-electron chi connectivity index (χ4n) is 1.67. The molecule has 4 nitrogen and oxygen atoms in total. The van der Waals surface area contributed by atoms with Crippen molar-refractivity contribution in [3.05, 3.63) is 4.88 Å². The van der Waals surface area contributed by atoms with Crippen molar-refractivity contribution in [2.24, 2.45) is 0 Å². The molecule has 0 aliphatic heterocycles. The van der Waals surface area contributed by atoms with E-state index in [1.54, 1.807) is 13.8 Å². The first-order chi connectivity index (χ1) is 9.53. The Hall–Kier alpha value is -1.44. The summed E-state index contributed by atoms with van der Waals surface area (Å²) in [6, 6.07) is 0. The maximum absolute atomic E-state index is 12.3. The van der Waals surface area contributed by atoms with E-state index >= 15 is 0 Å². The van der Waals surface area contributed by atoms with Crippen LogP contribution in [0.4, 0.5) is 23.9 Å². The molecule has 1 heterocycles. The molecule has 1 aromatic rings. The first-order valence-electron chi connectivity index (χ1n) is 6.40. The van der Waals surface area contributed by atoms with Crippen molar-refractivity contribution < 1.29 is 22.7 Å². The van der Waals surface area contributed by atoms with Crippen LogP contribution in [0.5, 0.6) is 5.75 Å². The minimum absolute atomic E-state index is 0.190. The summed E-state index contributed by atoms with van der Waals surface area (Å²) in [5, 5.41) is 0.440. The van der Waals surface area contributed by atoms with Crippen molar-refractivity contribution in [3.63, 3.8) is 0 Å². The quantitative estimate of drug-likeness (QED) is 0.811. The molecule has 0 aliphatic carbocycles. The number of alkyl halides is 3. The maximum atomic E-state index is 12.3. The smallest absolute Gasteiger partial charge is 0.390 e. The van der Waals surface area contributed by atoms with Crippen LogP contribution in [0.15, 0.2) is 0 Å². The number of carbonyl (C=O) groups excluding carboxylic acids is 1. The number of ether oxygens (including phenoxy) is 1. The topological polar surface area (TPSA) is 55.6 Å². The van der Waals surface area contributed by atoms with Crippen LogP contribution in [-0.2, 0) is 0 Å². The highest BCUT2D eigenvalue weighted by molar-refractivity contribution is 7.19. The van der Waals surface area contributed by atoms with Gasteiger partial charge in [0.1, 0.15) is 5.00 Å². The van der Waals surface area contributed by atoms with Crippen molar-refractivity contribution in [1.82, 2.24) is 0 Å². The lowest BCUT2D eigenvalue weighted by atomic mass is 10.3. The number of nitrogens with zero attached hydrogens (tertiary/aromatic N) is 1. The Kier molecular flexibility index (Phi) is 5.49. The van der Waals surface area contributed by atoms with Gasteiger partial charge in [0.05, 0.1) is 23.1 Å². The maximum Gasteiger partial charge on any atom is 0.390 e. The van der Waals surface area contributed by atoms with Gasteiger partial charge in [0.25, 0.3) is 0 Å². The third kappa shape index (κ3) is 4.80. The van der Waals surface area contributed by atoms with Crippen LogP contribution < -0.4 is 15.4 Å². The van der Waals surface area contributed by atoms with Gasteiger partial charge in [-0.15, -0.1) is 11.3 Å². The second-order valence-corrected chi connectivity index (χ2v) is 5.99. The number of hydrogen-bond acceptors (Lipinski definition) is 5. The van der Waals surface area contributed by atoms with E-state index in [4.69, 9.17) is 10.5 Å². The first kappa shape index (κ1) is 17.6. The zero-order valence-electron chi connectivity index (χ0n) is 12.4. The number of halogens is 3. The Morgan fingerprint density at radius 1 is 1.43 bits per heavy atom. The Balaban J connectivity index is 3.08. The lowest BCUT2D eigenvalue weighted by molar-refractivity contribution is -0.132. The summed E-state index contributed by atoms with van der Waals surface area (Å²) in [5.74, 6) is 0.0476. The summed E-state index contributed by atoms with van der Waals surface area (Å²) in [4.78, 5) is 13.3. The van der Waals surface area contributed by atoms with E-state index in [2.05, 4.69) is 0 Å². The number of anilines is 2. The van der Waals surface area contributed by atoms with Crippen LogP contribution in [-0.4, -0.2) is 31.7 Å². The molecule has 0 unspecified atom stereocenters. The van der Waals surface area contributed by atoms with Gasteiger partial charge in [-0.3, -0.25) is 4.79 Å². The van der Waals surface area contributed by atoms with Crippen molar-refractivity contribution in [3.8, 4) is 5.75 Å². The van der Waals surface area contributed by atoms with Crippen LogP contribution in [0.1, 0.15) is 36.9 Å². The molecule has 8 heteroatoms. The molecule has 1 aromatic heterocycles. The molecule has 0 aliphatic rings. The van der Waals surface area contributed by atoms with E-state index in [9.17, 15) is 18.0 Å². The largest absolute Gasteiger partial charge is 0.486 e. The highest BCUT2D eigenvalue weighted by Gasteiger charge is 2.29. The molecule has 0 saturated carbocycles. The SMILES string of the molecule is CC(=O)c1sc(N(C)CCC(F)(F)F)c(OC(C)C)c1N. The lowest BCUT2D eigenvalue weighted by Gasteiger charge is -2.21. The van der Waals surface area contributed by atoms with Gasteiger partial charge < -0.3 is 15.4 Å². The van der Waals surface area contributed by atoms with E-state index in [1.165, 1.54) is 18.9 Å². The Labute approximate surface area is 125 Å². The molecule has 0 radical (unpaired) electrons. The molecule has 0 spiro atoms. The van der Waals surface area contributed by atoms with E-state index in [0.29, 0.717) is 9.88 Å². The molecule has 2 N–H and O–H groups in total. The van der Waals surface area contributed by atoms with E-state index in [1.807, 2.05) is 0 Å². The zero-order valence-corrected chi connectivity index (χ0v) is 13.2. The number of nitrogens with two attached hydrogens (primary N) is 1. The summed E-state index contributed by atoms with van der Waals surface area (Å²) in [6.45, 7) is 4.70. The molecule has 0 amide bonds. The van der Waals surface area contributed by atoms with Gasteiger partial charge in [-0.05, 0) is 13.8 Å². The van der Waals surface area contributed by atoms with Crippen LogP contribution in [0.2, 0.25) is 0 Å². The summed E-state index contributed by atoms with van der Waals surface area (Å²) in [7, 11) is 1.52. The number of Topliss-reactive ketones (excluding diaryl/α,β-unsaturated/α-hetero) is 1. The molecule has 21 heavy (non-hydrogen) atoms. The third-order valence-corrected chi connectivity index (χ3v) is 4.03. The van der Waals surface area contributed by atoms with Crippen LogP contribution >= 0.6 is 11.3 Å². The minimum Gasteiger partial charge on any atom is -0.486 e. The van der Waals surface area contributed by atoms with Gasteiger partial charge in [-0.25, -0.2) is 0 Å². The first-order valence-corrected chi connectivity index (χ1v) is 7.22. The summed E-state index contributed by atoms with van der Waals surface area (Å²) < 4.78 is 42.5. The molecular weight excluding hydrogens is 305 g/mol. The van der Waals surface area contributed by atoms with Crippen molar-refractivity contribution >= 4 is 27.8 Å². The summed E-state index contributed by atoms with van der Waals surface area (Å²) in [6.07, 6.45) is -5.38. The van der Waals surface area contributed by atoms with Crippen molar-refractivity contribution in [1.29, 1.82) is 0 Å². The van der Waals surface area contributed by atoms with Gasteiger partial charge in [0, 0.05) is 20.5 Å². The van der Waals surface area contributed by atoms with Crippen LogP contribution in [0.3, 0.4) is 0 Å². The van der Waals surface area contributed by atoms with Crippen molar-refractivity contribution in [2.75, 3.05) is 24.2 Å². The zero-order chi connectivity index (χ0) is 16.4. The molecule has 0 fully saturated rings. The number of hydrogen-bond donors (Lipinski definition) is 1.